The molecule has 0 fully saturated rings. The highest BCUT2D eigenvalue weighted by molar-refractivity contribution is 7.47. The number of carbonyl (C=O) groups is 2. The van der Waals surface area contributed by atoms with Crippen LogP contribution in [0.15, 0.2) is 85.1 Å². The van der Waals surface area contributed by atoms with Gasteiger partial charge in [0.05, 0.1) is 6.61 Å². The van der Waals surface area contributed by atoms with Crippen molar-refractivity contribution < 1.29 is 37.6 Å². The number of allylic oxidation sites excluding steroid dienone is 14. The van der Waals surface area contributed by atoms with E-state index in [-0.39, 0.29) is 25.4 Å². The van der Waals surface area contributed by atoms with E-state index in [2.05, 4.69) is 103 Å². The summed E-state index contributed by atoms with van der Waals surface area (Å²) in [5, 5.41) is 0. The third-order valence-electron chi connectivity index (χ3n) is 9.12. The van der Waals surface area contributed by atoms with E-state index in [1.54, 1.807) is 0 Å². The first-order chi connectivity index (χ1) is 27.8. The van der Waals surface area contributed by atoms with Gasteiger partial charge in [0.1, 0.15) is 6.61 Å². The molecule has 8 nitrogen and oxygen atoms in total. The van der Waals surface area contributed by atoms with E-state index in [1.165, 1.54) is 38.5 Å². The number of esters is 2. The Morgan fingerprint density at radius 3 is 1.33 bits per heavy atom. The quantitative estimate of drug-likeness (QED) is 0.0282. The molecule has 57 heavy (non-hydrogen) atoms. The van der Waals surface area contributed by atoms with Crippen LogP contribution in [0.5, 0.6) is 0 Å². The number of carbonyl (C=O) groups excluding carboxylic acids is 2. The van der Waals surface area contributed by atoms with Crippen molar-refractivity contribution in [2.75, 3.05) is 20.3 Å². The highest BCUT2D eigenvalue weighted by Crippen LogP contribution is 2.42. The van der Waals surface area contributed by atoms with E-state index in [4.69, 9.17) is 14.0 Å². The molecular formula is C48H81O8P. The van der Waals surface area contributed by atoms with Crippen molar-refractivity contribution in [2.24, 2.45) is 0 Å². The summed E-state index contributed by atoms with van der Waals surface area (Å²) in [6.07, 6.45) is 56.3. The predicted octanol–water partition coefficient (Wildman–Crippen LogP) is 14.3. The first-order valence-corrected chi connectivity index (χ1v) is 23.8. The number of rotatable bonds is 40. The molecule has 0 amide bonds. The second kappa shape index (κ2) is 42.8. The van der Waals surface area contributed by atoms with Crippen molar-refractivity contribution >= 4 is 19.8 Å². The van der Waals surface area contributed by atoms with Gasteiger partial charge in [-0.25, -0.2) is 4.57 Å². The molecular weight excluding hydrogens is 735 g/mol. The molecule has 2 unspecified atom stereocenters. The lowest BCUT2D eigenvalue weighted by atomic mass is 10.1. The molecule has 0 saturated carbocycles. The Bertz CT molecular complexity index is 1200. The summed E-state index contributed by atoms with van der Waals surface area (Å²) in [7, 11) is -3.22. The number of unbranched alkanes of at least 4 members (excludes halogenated alkanes) is 15. The molecule has 0 radical (unpaired) electrons. The lowest BCUT2D eigenvalue weighted by molar-refractivity contribution is -0.161. The van der Waals surface area contributed by atoms with Gasteiger partial charge in [0.25, 0.3) is 0 Å². The van der Waals surface area contributed by atoms with E-state index in [1.807, 2.05) is 0 Å². The zero-order valence-corrected chi connectivity index (χ0v) is 37.1. The molecule has 0 aromatic rings. The van der Waals surface area contributed by atoms with E-state index in [9.17, 15) is 19.0 Å². The van der Waals surface area contributed by atoms with Gasteiger partial charge in [0.2, 0.25) is 0 Å². The third-order valence-corrected chi connectivity index (χ3v) is 10.1. The van der Waals surface area contributed by atoms with Crippen LogP contribution in [0.4, 0.5) is 0 Å². The molecule has 9 heteroatoms. The number of phosphoric ester groups is 1. The summed E-state index contributed by atoms with van der Waals surface area (Å²) in [6.45, 7) is 3.72. The Morgan fingerprint density at radius 1 is 0.509 bits per heavy atom. The first kappa shape index (κ1) is 54.2. The van der Waals surface area contributed by atoms with Gasteiger partial charge in [-0.05, 0) is 89.9 Å². The molecule has 0 saturated heterocycles. The normalized spacial score (nSPS) is 14.1. The largest absolute Gasteiger partial charge is 0.472 e. The molecule has 0 aromatic heterocycles. The molecule has 0 spiro atoms. The molecule has 1 N–H and O–H groups in total. The molecule has 0 bridgehead atoms. The molecule has 326 valence electrons. The van der Waals surface area contributed by atoms with Gasteiger partial charge >= 0.3 is 19.8 Å². The van der Waals surface area contributed by atoms with Crippen LogP contribution in [0, 0.1) is 0 Å². The second-order valence-corrected chi connectivity index (χ2v) is 16.0. The van der Waals surface area contributed by atoms with E-state index < -0.39 is 26.5 Å². The van der Waals surface area contributed by atoms with Gasteiger partial charge in [-0.1, -0.05) is 163 Å². The molecule has 0 aliphatic carbocycles. The molecule has 0 aromatic carbocycles. The van der Waals surface area contributed by atoms with Crippen molar-refractivity contribution in [3.05, 3.63) is 85.1 Å². The summed E-state index contributed by atoms with van der Waals surface area (Å²) in [4.78, 5) is 34.5. The number of phosphoric acid groups is 1. The van der Waals surface area contributed by atoms with Gasteiger partial charge in [0.15, 0.2) is 6.10 Å². The average Bonchev–Trinajstić information content (AvgIpc) is 3.20. The molecule has 0 rings (SSSR count). The van der Waals surface area contributed by atoms with Crippen molar-refractivity contribution in [1.29, 1.82) is 0 Å². The molecule has 0 aliphatic heterocycles. The Morgan fingerprint density at radius 2 is 0.895 bits per heavy atom. The van der Waals surface area contributed by atoms with Crippen LogP contribution in [0.1, 0.15) is 181 Å². The Hall–Kier alpha value is -2.77. The summed E-state index contributed by atoms with van der Waals surface area (Å²) in [5.41, 5.74) is 0. The fourth-order valence-electron chi connectivity index (χ4n) is 5.71. The Balaban J connectivity index is 4.06. The van der Waals surface area contributed by atoms with E-state index >= 15 is 0 Å². The van der Waals surface area contributed by atoms with Gasteiger partial charge in [-0.2, -0.15) is 0 Å². The Labute approximate surface area is 348 Å². The number of hydrogen-bond acceptors (Lipinski definition) is 7. The average molecular weight is 817 g/mol. The number of hydrogen-bond donors (Lipinski definition) is 1. The predicted molar refractivity (Wildman–Crippen MR) is 239 cm³/mol. The summed E-state index contributed by atoms with van der Waals surface area (Å²) in [5.74, 6) is -0.841. The minimum atomic E-state index is -4.28. The standard InChI is InChI=1S/C48H81O8P/c1-4-6-8-10-12-14-16-18-20-22-24-26-28-30-32-34-36-38-40-42-47(49)54-44-46(45-55-57(51,52)53-3)56-48(50)43-41-39-37-35-33-31-29-27-25-23-21-19-17-15-13-11-9-7-5-2/h7,9,12-15,18-21,24-27,46H,4-6,8,10-11,16-17,22-23,28-45H2,1-3H3,(H,51,52)/b9-7-,14-12-,15-13-,20-18-,21-19-,26-24-,27-25-. The monoisotopic (exact) mass is 817 g/mol. The fraction of sp³-hybridized carbons (Fsp3) is 0.667. The maximum Gasteiger partial charge on any atom is 0.472 e. The summed E-state index contributed by atoms with van der Waals surface area (Å²) >= 11 is 0. The lowest BCUT2D eigenvalue weighted by Gasteiger charge is -2.19. The van der Waals surface area contributed by atoms with Gasteiger partial charge in [-0.15, -0.1) is 0 Å². The van der Waals surface area contributed by atoms with Crippen molar-refractivity contribution in [1.82, 2.24) is 0 Å². The highest BCUT2D eigenvalue weighted by atomic mass is 31.2. The van der Waals surface area contributed by atoms with Crippen LogP contribution in [0.2, 0.25) is 0 Å². The van der Waals surface area contributed by atoms with Crippen molar-refractivity contribution in [3.8, 4) is 0 Å². The maximum absolute atomic E-state index is 12.5. The third kappa shape index (κ3) is 42.7. The Kier molecular flexibility index (Phi) is 40.7. The van der Waals surface area contributed by atoms with Crippen LogP contribution in [-0.4, -0.2) is 43.3 Å². The molecule has 2 atom stereocenters. The summed E-state index contributed by atoms with van der Waals surface area (Å²) in [6, 6.07) is 0. The van der Waals surface area contributed by atoms with Crippen molar-refractivity contribution in [2.45, 2.75) is 187 Å². The van der Waals surface area contributed by atoms with Crippen LogP contribution in [0.25, 0.3) is 0 Å². The van der Waals surface area contributed by atoms with Crippen LogP contribution >= 0.6 is 7.82 Å². The van der Waals surface area contributed by atoms with Crippen LogP contribution in [0.3, 0.4) is 0 Å². The molecule has 0 aliphatic rings. The number of ether oxygens (including phenoxy) is 2. The van der Waals surface area contributed by atoms with E-state index in [0.717, 1.165) is 116 Å². The van der Waals surface area contributed by atoms with Crippen molar-refractivity contribution in [3.63, 3.8) is 0 Å². The first-order valence-electron chi connectivity index (χ1n) is 22.3. The zero-order valence-electron chi connectivity index (χ0n) is 36.2. The smallest absolute Gasteiger partial charge is 0.462 e. The van der Waals surface area contributed by atoms with Gasteiger partial charge < -0.3 is 14.4 Å². The SMILES string of the molecule is CC/C=C\C/C=C\C/C=C\C/C=C\CCCCCCCCC(=O)OC(COC(=O)CCCCCCCC/C=C\C/C=C\C/C=C\CCCCC)COP(=O)(O)OC. The van der Waals surface area contributed by atoms with Crippen LogP contribution < -0.4 is 0 Å². The van der Waals surface area contributed by atoms with Gasteiger partial charge in [0, 0.05) is 20.0 Å². The molecule has 0 heterocycles. The minimum absolute atomic E-state index is 0.221. The topological polar surface area (TPSA) is 108 Å². The fourth-order valence-corrected chi connectivity index (χ4v) is 6.17. The second-order valence-electron chi connectivity index (χ2n) is 14.4. The summed E-state index contributed by atoms with van der Waals surface area (Å²) < 4.78 is 32.0. The maximum atomic E-state index is 12.5. The zero-order chi connectivity index (χ0) is 41.8. The minimum Gasteiger partial charge on any atom is -0.462 e. The van der Waals surface area contributed by atoms with Gasteiger partial charge in [-0.3, -0.25) is 18.6 Å². The van der Waals surface area contributed by atoms with Crippen LogP contribution in [-0.2, 0) is 32.7 Å². The highest BCUT2D eigenvalue weighted by Gasteiger charge is 2.24. The lowest BCUT2D eigenvalue weighted by Crippen LogP contribution is -2.29. The van der Waals surface area contributed by atoms with E-state index in [0.29, 0.717) is 6.42 Å².